The summed E-state index contributed by atoms with van der Waals surface area (Å²) in [6.45, 7) is 1.77. The topological polar surface area (TPSA) is 75.8 Å². The van der Waals surface area contributed by atoms with E-state index in [1.807, 2.05) is 30.3 Å². The minimum Gasteiger partial charge on any atom is -0.478 e. The summed E-state index contributed by atoms with van der Waals surface area (Å²) in [6.07, 6.45) is 2.17. The molecule has 1 aliphatic heterocycles. The summed E-state index contributed by atoms with van der Waals surface area (Å²) < 4.78 is 5.93. The van der Waals surface area contributed by atoms with Crippen molar-refractivity contribution in [3.05, 3.63) is 48.0 Å². The lowest BCUT2D eigenvalue weighted by Gasteiger charge is -2.23. The number of hydrogen-bond donors (Lipinski definition) is 2. The zero-order valence-electron chi connectivity index (χ0n) is 12.6. The van der Waals surface area contributed by atoms with Crippen LogP contribution in [0, 0.1) is 0 Å². The minimum absolute atomic E-state index is 0. The second-order valence-corrected chi connectivity index (χ2v) is 5.33. The highest BCUT2D eigenvalue weighted by Crippen LogP contribution is 2.40. The van der Waals surface area contributed by atoms with Crippen LogP contribution in [-0.4, -0.2) is 24.2 Å². The van der Waals surface area contributed by atoms with E-state index in [0.29, 0.717) is 17.2 Å². The molecule has 0 amide bonds. The van der Waals surface area contributed by atoms with Crippen LogP contribution < -0.4 is 15.4 Å². The normalized spacial score (nSPS) is 13.5. The number of carbonyl (C=O) groups is 1. The molecule has 2 aromatic carbocycles. The quantitative estimate of drug-likeness (QED) is 0.832. The summed E-state index contributed by atoms with van der Waals surface area (Å²) in [5.41, 5.74) is 7.33. The molecule has 23 heavy (non-hydrogen) atoms. The number of hydrogen-bond acceptors (Lipinski definition) is 4. The number of rotatable bonds is 4. The summed E-state index contributed by atoms with van der Waals surface area (Å²) >= 11 is 0. The molecule has 1 heterocycles. The Hall–Kier alpha value is -2.40. The highest BCUT2D eigenvalue weighted by Gasteiger charge is 2.21. The van der Waals surface area contributed by atoms with Crippen molar-refractivity contribution in [3.8, 4) is 11.5 Å². The fraction of sp³-hybridized carbons (Fsp3) is 0.235. The Bertz CT molecular complexity index is 686. The molecule has 0 aromatic heterocycles. The van der Waals surface area contributed by atoms with Gasteiger partial charge in [0.05, 0.1) is 16.9 Å². The number of benzene rings is 2. The monoisotopic (exact) mass is 334 g/mol. The third-order valence-corrected chi connectivity index (χ3v) is 3.75. The number of para-hydroxylation sites is 1. The molecule has 0 bridgehead atoms. The van der Waals surface area contributed by atoms with Gasteiger partial charge in [0, 0.05) is 13.1 Å². The summed E-state index contributed by atoms with van der Waals surface area (Å²) in [5.74, 6) is 0.217. The largest absolute Gasteiger partial charge is 0.478 e. The average molecular weight is 335 g/mol. The average Bonchev–Trinajstić information content (AvgIpc) is 3.04. The predicted octanol–water partition coefficient (Wildman–Crippen LogP) is 3.78. The van der Waals surface area contributed by atoms with Crippen molar-refractivity contribution in [2.45, 2.75) is 12.8 Å². The van der Waals surface area contributed by atoms with Crippen molar-refractivity contribution < 1.29 is 14.6 Å². The lowest BCUT2D eigenvalue weighted by atomic mass is 10.1. The number of aromatic carboxylic acids is 1. The van der Waals surface area contributed by atoms with Gasteiger partial charge >= 0.3 is 5.97 Å². The summed E-state index contributed by atoms with van der Waals surface area (Å²) in [5, 5.41) is 9.24. The van der Waals surface area contributed by atoms with Crippen molar-refractivity contribution in [2.24, 2.45) is 0 Å². The van der Waals surface area contributed by atoms with Gasteiger partial charge in [0.1, 0.15) is 5.75 Å². The Kier molecular flexibility index (Phi) is 5.34. The maximum Gasteiger partial charge on any atom is 0.335 e. The van der Waals surface area contributed by atoms with Crippen molar-refractivity contribution >= 4 is 29.8 Å². The summed E-state index contributed by atoms with van der Waals surface area (Å²) in [6, 6.07) is 12.4. The van der Waals surface area contributed by atoms with Crippen LogP contribution in [0.4, 0.5) is 11.4 Å². The number of halogens is 1. The fourth-order valence-corrected chi connectivity index (χ4v) is 2.67. The van der Waals surface area contributed by atoms with Crippen molar-refractivity contribution in [2.75, 3.05) is 23.7 Å². The van der Waals surface area contributed by atoms with E-state index in [1.165, 1.54) is 6.07 Å². The van der Waals surface area contributed by atoms with E-state index in [-0.39, 0.29) is 18.0 Å². The molecule has 0 atom stereocenters. The van der Waals surface area contributed by atoms with Gasteiger partial charge in [-0.1, -0.05) is 18.2 Å². The second-order valence-electron chi connectivity index (χ2n) is 5.33. The van der Waals surface area contributed by atoms with Crippen LogP contribution in [0.25, 0.3) is 0 Å². The zero-order valence-corrected chi connectivity index (χ0v) is 13.4. The molecule has 1 aliphatic rings. The molecule has 2 aromatic rings. The molecule has 122 valence electrons. The van der Waals surface area contributed by atoms with E-state index >= 15 is 0 Å². The molecule has 0 unspecified atom stereocenters. The Morgan fingerprint density at radius 1 is 1.13 bits per heavy atom. The van der Waals surface area contributed by atoms with Crippen LogP contribution in [0.1, 0.15) is 23.2 Å². The van der Waals surface area contributed by atoms with E-state index in [1.54, 1.807) is 6.07 Å². The third kappa shape index (κ3) is 3.68. The lowest BCUT2D eigenvalue weighted by Crippen LogP contribution is -2.19. The van der Waals surface area contributed by atoms with Gasteiger partial charge in [-0.3, -0.25) is 0 Å². The molecule has 3 N–H and O–H groups in total. The molecule has 0 aliphatic carbocycles. The molecule has 6 heteroatoms. The molecule has 5 nitrogen and oxygen atoms in total. The molecule has 3 rings (SSSR count). The maximum absolute atomic E-state index is 11.3. The van der Waals surface area contributed by atoms with Gasteiger partial charge in [0.15, 0.2) is 5.75 Å². The lowest BCUT2D eigenvalue weighted by molar-refractivity contribution is 0.0697. The second kappa shape index (κ2) is 7.24. The number of ether oxygens (including phenoxy) is 1. The number of carboxylic acids is 1. The van der Waals surface area contributed by atoms with Crippen LogP contribution >= 0.6 is 12.4 Å². The molecule has 0 saturated carbocycles. The maximum atomic E-state index is 11.3. The first-order valence-corrected chi connectivity index (χ1v) is 7.30. The van der Waals surface area contributed by atoms with Gasteiger partial charge in [-0.15, -0.1) is 12.4 Å². The van der Waals surface area contributed by atoms with Gasteiger partial charge in [-0.05, 0) is 37.1 Å². The van der Waals surface area contributed by atoms with Gasteiger partial charge in [-0.25, -0.2) is 4.79 Å². The van der Waals surface area contributed by atoms with Crippen LogP contribution in [0.3, 0.4) is 0 Å². The molecular formula is C17H19ClN2O3. The number of nitrogens with zero attached hydrogens (tertiary/aromatic N) is 1. The Labute approximate surface area is 141 Å². The Balaban J connectivity index is 0.00000192. The van der Waals surface area contributed by atoms with Crippen LogP contribution in [-0.2, 0) is 0 Å². The Morgan fingerprint density at radius 2 is 1.78 bits per heavy atom. The number of nitrogens with two attached hydrogens (primary N) is 1. The standard InChI is InChI=1S/C17H18N2O3.ClH/c18-14-10-12(17(20)21)11-15(19-8-4-5-9-19)16(14)22-13-6-2-1-3-7-13;/h1-3,6-7,10-11H,4-5,8-9,18H2,(H,20,21);1H. The van der Waals surface area contributed by atoms with E-state index in [9.17, 15) is 9.90 Å². The number of nitrogen functional groups attached to an aromatic ring is 1. The van der Waals surface area contributed by atoms with Crippen LogP contribution in [0.15, 0.2) is 42.5 Å². The van der Waals surface area contributed by atoms with Crippen molar-refractivity contribution in [1.82, 2.24) is 0 Å². The fourth-order valence-electron chi connectivity index (χ4n) is 2.67. The zero-order chi connectivity index (χ0) is 15.5. The number of anilines is 2. The van der Waals surface area contributed by atoms with Gasteiger partial charge in [-0.2, -0.15) is 0 Å². The molecule has 0 spiro atoms. The van der Waals surface area contributed by atoms with Gasteiger partial charge in [0.2, 0.25) is 0 Å². The van der Waals surface area contributed by atoms with Crippen LogP contribution in [0.5, 0.6) is 11.5 Å². The SMILES string of the molecule is Cl.Nc1cc(C(=O)O)cc(N2CCCC2)c1Oc1ccccc1. The van der Waals surface area contributed by atoms with Gasteiger partial charge < -0.3 is 20.5 Å². The van der Waals surface area contributed by atoms with Crippen molar-refractivity contribution in [3.63, 3.8) is 0 Å². The minimum atomic E-state index is -0.988. The molecule has 0 radical (unpaired) electrons. The number of carboxylic acid groups (broad SMARTS) is 1. The summed E-state index contributed by atoms with van der Waals surface area (Å²) in [4.78, 5) is 13.4. The smallest absolute Gasteiger partial charge is 0.335 e. The van der Waals surface area contributed by atoms with Crippen molar-refractivity contribution in [1.29, 1.82) is 0 Å². The first-order chi connectivity index (χ1) is 10.6. The highest BCUT2D eigenvalue weighted by molar-refractivity contribution is 5.92. The van der Waals surface area contributed by atoms with Crippen LogP contribution in [0.2, 0.25) is 0 Å². The molecule has 1 fully saturated rings. The summed E-state index contributed by atoms with van der Waals surface area (Å²) in [7, 11) is 0. The predicted molar refractivity (Wildman–Crippen MR) is 93.0 cm³/mol. The van der Waals surface area contributed by atoms with E-state index in [2.05, 4.69) is 4.90 Å². The Morgan fingerprint density at radius 3 is 2.39 bits per heavy atom. The van der Waals surface area contributed by atoms with E-state index in [4.69, 9.17) is 10.5 Å². The van der Waals surface area contributed by atoms with Gasteiger partial charge in [0.25, 0.3) is 0 Å². The molecular weight excluding hydrogens is 316 g/mol. The first kappa shape index (κ1) is 17.0. The van der Waals surface area contributed by atoms with E-state index < -0.39 is 5.97 Å². The molecule has 1 saturated heterocycles. The first-order valence-electron chi connectivity index (χ1n) is 7.30. The van der Waals surface area contributed by atoms with E-state index in [0.717, 1.165) is 31.6 Å². The highest BCUT2D eigenvalue weighted by atomic mass is 35.5. The third-order valence-electron chi connectivity index (χ3n) is 3.75.